The monoisotopic (exact) mass is 463 g/mol. The van der Waals surface area contributed by atoms with Gasteiger partial charge in [-0.15, -0.1) is 0 Å². The zero-order valence-electron chi connectivity index (χ0n) is 18.9. The van der Waals surface area contributed by atoms with E-state index in [9.17, 15) is 14.9 Å². The van der Waals surface area contributed by atoms with Gasteiger partial charge in [0.15, 0.2) is 0 Å². The molecule has 2 aromatic carbocycles. The highest BCUT2D eigenvalue weighted by Crippen LogP contribution is 2.29. The number of rotatable bonds is 7. The molecule has 0 atom stereocenters. The maximum Gasteiger partial charge on any atom is 0.328 e. The van der Waals surface area contributed by atoms with Gasteiger partial charge < -0.3 is 14.2 Å². The third-order valence-electron chi connectivity index (χ3n) is 5.16. The van der Waals surface area contributed by atoms with Crippen LogP contribution in [0.2, 0.25) is 0 Å². The third kappa shape index (κ3) is 4.35. The lowest BCUT2D eigenvalue weighted by atomic mass is 10.1. The molecule has 174 valence electrons. The first-order valence-corrected chi connectivity index (χ1v) is 10.2. The molecule has 11 heteroatoms. The molecule has 0 aliphatic carbocycles. The average Bonchev–Trinajstić information content (AvgIpc) is 2.81. The average molecular weight is 463 g/mol. The Morgan fingerprint density at radius 1 is 1.03 bits per heavy atom. The van der Waals surface area contributed by atoms with Crippen molar-refractivity contribution in [1.82, 2.24) is 19.7 Å². The van der Waals surface area contributed by atoms with E-state index >= 15 is 0 Å². The van der Waals surface area contributed by atoms with Crippen LogP contribution in [-0.4, -0.2) is 38.9 Å². The maximum atomic E-state index is 13.5. The summed E-state index contributed by atoms with van der Waals surface area (Å²) >= 11 is 0. The van der Waals surface area contributed by atoms with E-state index in [4.69, 9.17) is 14.2 Å². The Morgan fingerprint density at radius 2 is 1.74 bits per heavy atom. The van der Waals surface area contributed by atoms with E-state index in [1.54, 1.807) is 37.3 Å². The van der Waals surface area contributed by atoms with Crippen LogP contribution in [0.3, 0.4) is 0 Å². The molecular weight excluding hydrogens is 442 g/mol. The Labute approximate surface area is 193 Å². The summed E-state index contributed by atoms with van der Waals surface area (Å²) in [5.41, 5.74) is 1.21. The molecule has 11 nitrogen and oxygen atoms in total. The summed E-state index contributed by atoms with van der Waals surface area (Å²) in [6.45, 7) is 3.49. The molecule has 0 aliphatic rings. The van der Waals surface area contributed by atoms with Crippen molar-refractivity contribution < 1.29 is 19.1 Å². The van der Waals surface area contributed by atoms with Crippen LogP contribution >= 0.6 is 0 Å². The fourth-order valence-corrected chi connectivity index (χ4v) is 3.57. The van der Waals surface area contributed by atoms with Crippen molar-refractivity contribution in [2.75, 3.05) is 14.2 Å². The van der Waals surface area contributed by atoms with Crippen molar-refractivity contribution >= 4 is 16.5 Å². The molecule has 0 spiro atoms. The van der Waals surface area contributed by atoms with Crippen molar-refractivity contribution in [1.29, 1.82) is 0 Å². The van der Waals surface area contributed by atoms with Crippen molar-refractivity contribution in [3.05, 3.63) is 79.8 Å². The number of hydrogen-bond acceptors (Lipinski definition) is 9. The van der Waals surface area contributed by atoms with Gasteiger partial charge in [-0.3, -0.25) is 14.9 Å². The molecule has 2 heterocycles. The van der Waals surface area contributed by atoms with Crippen LogP contribution in [0.25, 0.3) is 10.8 Å². The summed E-state index contributed by atoms with van der Waals surface area (Å²) < 4.78 is 17.4. The van der Waals surface area contributed by atoms with Gasteiger partial charge in [0.2, 0.25) is 11.8 Å². The number of hydrogen-bond donors (Lipinski definition) is 0. The fourth-order valence-electron chi connectivity index (χ4n) is 3.57. The Bertz CT molecular complexity index is 1440. The minimum atomic E-state index is -0.476. The summed E-state index contributed by atoms with van der Waals surface area (Å²) in [7, 11) is 2.89. The first-order chi connectivity index (χ1) is 16.3. The van der Waals surface area contributed by atoms with Crippen LogP contribution in [0.5, 0.6) is 23.5 Å². The summed E-state index contributed by atoms with van der Waals surface area (Å²) in [5, 5.41) is 16.7. The Balaban J connectivity index is 1.84. The van der Waals surface area contributed by atoms with Crippen molar-refractivity contribution in [2.24, 2.45) is 0 Å². The number of aryl methyl sites for hydroxylation is 2. The number of benzene rings is 2. The zero-order chi connectivity index (χ0) is 24.4. The van der Waals surface area contributed by atoms with Crippen molar-refractivity contribution in [3.63, 3.8) is 0 Å². The van der Waals surface area contributed by atoms with Gasteiger partial charge in [0.1, 0.15) is 5.75 Å². The van der Waals surface area contributed by atoms with E-state index in [2.05, 4.69) is 15.1 Å². The van der Waals surface area contributed by atoms with Gasteiger partial charge in [-0.25, -0.2) is 4.68 Å². The molecule has 2 aromatic heterocycles. The van der Waals surface area contributed by atoms with Crippen LogP contribution in [0.15, 0.2) is 47.3 Å². The van der Waals surface area contributed by atoms with Crippen LogP contribution in [-0.2, 0) is 6.54 Å². The SMILES string of the molecule is COc1cc(OC)nc(Oc2cccc3c(C)nn(Cc4cc(C)ccc4[N+](=O)[O-])c(=O)c23)n1. The lowest BCUT2D eigenvalue weighted by Crippen LogP contribution is -2.25. The highest BCUT2D eigenvalue weighted by molar-refractivity contribution is 5.89. The van der Waals surface area contributed by atoms with Gasteiger partial charge in [0.05, 0.1) is 48.4 Å². The normalized spacial score (nSPS) is 10.8. The van der Waals surface area contributed by atoms with Crippen LogP contribution < -0.4 is 19.8 Å². The van der Waals surface area contributed by atoms with Crippen molar-refractivity contribution in [2.45, 2.75) is 20.4 Å². The molecule has 0 aliphatic heterocycles. The quantitative estimate of drug-likeness (QED) is 0.298. The van der Waals surface area contributed by atoms with Gasteiger partial charge in [0.25, 0.3) is 11.2 Å². The van der Waals surface area contributed by atoms with Gasteiger partial charge in [0, 0.05) is 11.5 Å². The molecule has 0 unspecified atom stereocenters. The smallest absolute Gasteiger partial charge is 0.328 e. The number of ether oxygens (including phenoxy) is 3. The minimum absolute atomic E-state index is 0.0709. The van der Waals surface area contributed by atoms with Crippen LogP contribution in [0, 0.1) is 24.0 Å². The molecule has 0 amide bonds. The first-order valence-electron chi connectivity index (χ1n) is 10.2. The predicted molar refractivity (Wildman–Crippen MR) is 123 cm³/mol. The largest absolute Gasteiger partial charge is 0.481 e. The van der Waals surface area contributed by atoms with Crippen LogP contribution in [0.4, 0.5) is 5.69 Å². The number of methoxy groups -OCH3 is 2. The highest BCUT2D eigenvalue weighted by Gasteiger charge is 2.19. The van der Waals surface area contributed by atoms with Crippen molar-refractivity contribution in [3.8, 4) is 23.5 Å². The highest BCUT2D eigenvalue weighted by atomic mass is 16.6. The summed E-state index contributed by atoms with van der Waals surface area (Å²) in [5.74, 6) is 0.656. The van der Waals surface area contributed by atoms with E-state index in [1.807, 2.05) is 6.92 Å². The fraction of sp³-hybridized carbons (Fsp3) is 0.217. The Morgan fingerprint density at radius 3 is 2.38 bits per heavy atom. The molecule has 0 saturated carbocycles. The Hall–Kier alpha value is -4.54. The summed E-state index contributed by atoms with van der Waals surface area (Å²) in [4.78, 5) is 32.8. The van der Waals surface area contributed by atoms with E-state index in [-0.39, 0.29) is 41.1 Å². The molecule has 0 saturated heterocycles. The molecule has 0 N–H and O–H groups in total. The second-order valence-corrected chi connectivity index (χ2v) is 7.45. The molecule has 4 rings (SSSR count). The molecular formula is C23H21N5O6. The molecule has 0 radical (unpaired) electrons. The number of aromatic nitrogens is 4. The predicted octanol–water partition coefficient (Wildman–Crippen LogP) is 3.57. The van der Waals surface area contributed by atoms with E-state index in [1.165, 1.54) is 31.0 Å². The molecule has 34 heavy (non-hydrogen) atoms. The van der Waals surface area contributed by atoms with Gasteiger partial charge in [-0.05, 0) is 26.0 Å². The summed E-state index contributed by atoms with van der Waals surface area (Å²) in [6.07, 6.45) is 0. The zero-order valence-corrected chi connectivity index (χ0v) is 18.9. The van der Waals surface area contributed by atoms with Gasteiger partial charge in [-0.1, -0.05) is 23.8 Å². The standard InChI is InChI=1S/C23H21N5O6/c1-13-8-9-17(28(30)31)15(10-13)12-27-22(29)21-16(14(2)26-27)6-5-7-18(21)34-23-24-19(32-3)11-20(25-23)33-4/h5-11H,12H2,1-4H3. The Kier molecular flexibility index (Phi) is 6.09. The topological polar surface area (TPSA) is 132 Å². The number of nitrogens with zero attached hydrogens (tertiary/aromatic N) is 5. The lowest BCUT2D eigenvalue weighted by Gasteiger charge is -2.13. The molecule has 0 bridgehead atoms. The van der Waals surface area contributed by atoms with Crippen LogP contribution in [0.1, 0.15) is 16.8 Å². The number of nitro groups is 1. The van der Waals surface area contributed by atoms with E-state index in [0.717, 1.165) is 5.56 Å². The van der Waals surface area contributed by atoms with E-state index in [0.29, 0.717) is 16.6 Å². The first kappa shape index (κ1) is 22.6. The lowest BCUT2D eigenvalue weighted by molar-refractivity contribution is -0.385. The van der Waals surface area contributed by atoms with Gasteiger partial charge in [-0.2, -0.15) is 15.1 Å². The molecule has 4 aromatic rings. The maximum absolute atomic E-state index is 13.5. The number of fused-ring (bicyclic) bond motifs is 1. The number of nitro benzene ring substituents is 1. The second-order valence-electron chi connectivity index (χ2n) is 7.45. The van der Waals surface area contributed by atoms with Gasteiger partial charge >= 0.3 is 6.01 Å². The summed E-state index contributed by atoms with van der Waals surface area (Å²) in [6, 6.07) is 11.2. The minimum Gasteiger partial charge on any atom is -0.481 e. The second kappa shape index (κ2) is 9.14. The molecule has 0 fully saturated rings. The van der Waals surface area contributed by atoms with E-state index < -0.39 is 10.5 Å². The third-order valence-corrected chi connectivity index (χ3v) is 5.16.